The molecule has 1 aromatic rings. The topological polar surface area (TPSA) is 100 Å². The van der Waals surface area contributed by atoms with Gasteiger partial charge in [-0.3, -0.25) is 4.79 Å². The number of carbonyl (C=O) groups excluding carboxylic acids is 1. The van der Waals surface area contributed by atoms with Gasteiger partial charge >= 0.3 is 0 Å². The molecule has 0 aliphatic rings. The highest BCUT2D eigenvalue weighted by molar-refractivity contribution is 7.57. The molecule has 1 aromatic heterocycles. The van der Waals surface area contributed by atoms with Gasteiger partial charge in [0.05, 0.1) is 25.1 Å². The van der Waals surface area contributed by atoms with Crippen LogP contribution in [0.1, 0.15) is 99.3 Å². The SMILES string of the molecule is C=P([O-])(OCCCCC)OC(C)C.CCCCCCC(=O)CC(C)C.c1cn[nH]n1. The molecule has 0 saturated carbocycles. The summed E-state index contributed by atoms with van der Waals surface area (Å²) in [5.74, 6) is 0.977. The Kier molecular flexibility index (Phi) is 22.1. The maximum atomic E-state index is 11.4. The summed E-state index contributed by atoms with van der Waals surface area (Å²) >= 11 is 0. The molecule has 178 valence electrons. The number of rotatable bonds is 14. The lowest BCUT2D eigenvalue weighted by atomic mass is 10.0. The zero-order valence-corrected chi connectivity index (χ0v) is 21.0. The van der Waals surface area contributed by atoms with Crippen molar-refractivity contribution in [3.63, 3.8) is 0 Å². The van der Waals surface area contributed by atoms with E-state index in [1.807, 2.05) is 13.8 Å². The van der Waals surface area contributed by atoms with Crippen LogP contribution < -0.4 is 4.89 Å². The van der Waals surface area contributed by atoms with Gasteiger partial charge in [-0.2, -0.15) is 15.4 Å². The maximum Gasteiger partial charge on any atom is 0.133 e. The summed E-state index contributed by atoms with van der Waals surface area (Å²) in [5.41, 5.74) is 0. The average Bonchev–Trinajstić information content (AvgIpc) is 3.21. The minimum atomic E-state index is -3.04. The highest BCUT2D eigenvalue weighted by atomic mass is 31.2. The van der Waals surface area contributed by atoms with Crippen molar-refractivity contribution in [3.05, 3.63) is 12.4 Å². The first-order valence-electron chi connectivity index (χ1n) is 11.2. The number of nitrogens with one attached hydrogen (secondary N) is 1. The van der Waals surface area contributed by atoms with Crippen LogP contribution in [0.2, 0.25) is 0 Å². The summed E-state index contributed by atoms with van der Waals surface area (Å²) in [6, 6.07) is 0. The molecule has 1 atom stereocenters. The molecule has 7 nitrogen and oxygen atoms in total. The van der Waals surface area contributed by atoms with Crippen molar-refractivity contribution in [1.29, 1.82) is 0 Å². The third-order valence-electron chi connectivity index (χ3n) is 3.68. The number of ketones is 1. The molecule has 0 amide bonds. The second kappa shape index (κ2) is 21.2. The molecule has 1 unspecified atom stereocenters. The summed E-state index contributed by atoms with van der Waals surface area (Å²) in [7, 11) is -3.04. The van der Waals surface area contributed by atoms with E-state index >= 15 is 0 Å². The van der Waals surface area contributed by atoms with Crippen molar-refractivity contribution in [3.8, 4) is 0 Å². The summed E-state index contributed by atoms with van der Waals surface area (Å²) in [5, 5.41) is 9.33. The molecule has 0 aromatic carbocycles. The standard InChI is InChI=1S/C11H22O.C9H20O3P.C2H3N3/c1-4-5-6-7-8-11(12)9-10(2)3;1-5-6-7-8-11-13(4,10)12-9(2)3;1-2-4-5-3-1/h10H,4-9H2,1-3H3;9H,4-8H2,1-3H3;1-2H,(H,3,4,5)/q;-1;. The van der Waals surface area contributed by atoms with E-state index in [1.165, 1.54) is 19.3 Å². The van der Waals surface area contributed by atoms with Gasteiger partial charge in [0.2, 0.25) is 0 Å². The predicted molar refractivity (Wildman–Crippen MR) is 125 cm³/mol. The first kappa shape index (κ1) is 31.2. The van der Waals surface area contributed by atoms with Crippen molar-refractivity contribution in [1.82, 2.24) is 15.4 Å². The molecule has 0 radical (unpaired) electrons. The molecule has 0 saturated heterocycles. The monoisotopic (exact) mass is 446 g/mol. The Morgan fingerprint density at radius 2 is 1.60 bits per heavy atom. The Morgan fingerprint density at radius 3 is 2.03 bits per heavy atom. The zero-order chi connectivity index (χ0) is 23.3. The highest BCUT2D eigenvalue weighted by Crippen LogP contribution is 2.39. The van der Waals surface area contributed by atoms with Crippen LogP contribution in [0.3, 0.4) is 0 Å². The van der Waals surface area contributed by atoms with E-state index < -0.39 is 7.57 Å². The quantitative estimate of drug-likeness (QED) is 0.297. The second-order valence-electron chi connectivity index (χ2n) is 7.91. The van der Waals surface area contributed by atoms with E-state index in [0.717, 1.165) is 38.5 Å². The van der Waals surface area contributed by atoms with Gasteiger partial charge in [0, 0.05) is 20.4 Å². The average molecular weight is 447 g/mol. The van der Waals surface area contributed by atoms with Crippen molar-refractivity contribution in [2.75, 3.05) is 6.61 Å². The number of aromatic amines is 1. The van der Waals surface area contributed by atoms with Crippen LogP contribution in [0, 0.1) is 5.92 Å². The number of unbranched alkanes of at least 4 members (excludes halogenated alkanes) is 5. The summed E-state index contributed by atoms with van der Waals surface area (Å²) in [6.07, 6.45) is 16.0. The van der Waals surface area contributed by atoms with E-state index in [2.05, 4.69) is 49.4 Å². The van der Waals surface area contributed by atoms with Gasteiger partial charge in [0.25, 0.3) is 0 Å². The molecule has 1 heterocycles. The Morgan fingerprint density at radius 1 is 1.03 bits per heavy atom. The van der Waals surface area contributed by atoms with Gasteiger partial charge in [-0.05, 0) is 32.6 Å². The van der Waals surface area contributed by atoms with E-state index in [-0.39, 0.29) is 6.10 Å². The van der Waals surface area contributed by atoms with Gasteiger partial charge in [0.1, 0.15) is 5.78 Å². The van der Waals surface area contributed by atoms with Crippen molar-refractivity contribution in [2.24, 2.45) is 5.92 Å². The van der Waals surface area contributed by atoms with E-state index in [4.69, 9.17) is 9.05 Å². The number of carbonyl (C=O) groups is 1. The van der Waals surface area contributed by atoms with Gasteiger partial charge in [-0.15, -0.1) is 0 Å². The third-order valence-corrected chi connectivity index (χ3v) is 5.00. The Labute approximate surface area is 184 Å². The molecule has 0 aliphatic heterocycles. The van der Waals surface area contributed by atoms with Crippen LogP contribution in [-0.2, 0) is 13.8 Å². The van der Waals surface area contributed by atoms with Crippen molar-refractivity contribution < 1.29 is 18.7 Å². The molecule has 0 spiro atoms. The third kappa shape index (κ3) is 27.0. The summed E-state index contributed by atoms with van der Waals surface area (Å²) < 4.78 is 10.1. The first-order valence-corrected chi connectivity index (χ1v) is 13.0. The lowest BCUT2D eigenvalue weighted by Gasteiger charge is -2.31. The smallest absolute Gasteiger partial charge is 0.133 e. The second-order valence-corrected chi connectivity index (χ2v) is 9.60. The lowest BCUT2D eigenvalue weighted by molar-refractivity contribution is -0.210. The number of hydrogen-bond acceptors (Lipinski definition) is 6. The van der Waals surface area contributed by atoms with E-state index in [1.54, 1.807) is 12.4 Å². The number of H-pyrrole nitrogens is 1. The minimum absolute atomic E-state index is 0.102. The molecular weight excluding hydrogens is 401 g/mol. The van der Waals surface area contributed by atoms with Crippen molar-refractivity contribution >= 4 is 19.6 Å². The van der Waals surface area contributed by atoms with Gasteiger partial charge in [-0.1, -0.05) is 66.1 Å². The number of aromatic nitrogens is 3. The van der Waals surface area contributed by atoms with Gasteiger partial charge < -0.3 is 13.9 Å². The number of Topliss-reactive ketones (excluding diaryl/α,β-unsaturated/α-hetero) is 1. The summed E-state index contributed by atoms with van der Waals surface area (Å²) in [4.78, 5) is 22.6. The minimum Gasteiger partial charge on any atom is -0.789 e. The lowest BCUT2D eigenvalue weighted by Crippen LogP contribution is -2.13. The predicted octanol–water partition coefficient (Wildman–Crippen LogP) is 5.55. The molecule has 1 rings (SSSR count). The van der Waals surface area contributed by atoms with Crippen LogP contribution in [0.25, 0.3) is 0 Å². The molecule has 30 heavy (non-hydrogen) atoms. The van der Waals surface area contributed by atoms with Gasteiger partial charge in [-0.25, -0.2) is 0 Å². The molecule has 0 bridgehead atoms. The van der Waals surface area contributed by atoms with Crippen LogP contribution in [-0.4, -0.2) is 40.2 Å². The van der Waals surface area contributed by atoms with Gasteiger partial charge in [0.15, 0.2) is 0 Å². The normalized spacial score (nSPS) is 12.6. The summed E-state index contributed by atoms with van der Waals surface area (Å²) in [6.45, 7) is 12.6. The van der Waals surface area contributed by atoms with Crippen LogP contribution >= 0.6 is 7.57 Å². The Bertz CT molecular complexity index is 505. The van der Waals surface area contributed by atoms with Crippen LogP contribution in [0.5, 0.6) is 0 Å². The van der Waals surface area contributed by atoms with E-state index in [9.17, 15) is 9.69 Å². The fraction of sp³-hybridized carbons (Fsp3) is 0.818. The fourth-order valence-corrected chi connectivity index (χ4v) is 3.49. The fourth-order valence-electron chi connectivity index (χ4n) is 2.38. The molecule has 0 aliphatic carbocycles. The van der Waals surface area contributed by atoms with Crippen LogP contribution in [0.4, 0.5) is 0 Å². The van der Waals surface area contributed by atoms with Crippen molar-refractivity contribution in [2.45, 2.75) is 105 Å². The molecule has 8 heteroatoms. The van der Waals surface area contributed by atoms with Crippen LogP contribution in [0.15, 0.2) is 12.4 Å². The maximum absolute atomic E-state index is 11.4. The molecular formula is C22H45N3O4P-. The highest BCUT2D eigenvalue weighted by Gasteiger charge is 2.04. The zero-order valence-electron chi connectivity index (χ0n) is 20.1. The first-order chi connectivity index (χ1) is 14.1. The molecule has 0 fully saturated rings. The largest absolute Gasteiger partial charge is 0.789 e. The Hall–Kier alpha value is -1.01. The number of nitrogens with zero attached hydrogens (tertiary/aromatic N) is 2. The Balaban J connectivity index is 0. The van der Waals surface area contributed by atoms with E-state index in [0.29, 0.717) is 18.3 Å². The molecule has 1 N–H and O–H groups in total. The number of hydrogen-bond donors (Lipinski definition) is 1.